The molecule has 1 aliphatic heterocycles. The van der Waals surface area contributed by atoms with Crippen LogP contribution in [0.2, 0.25) is 0 Å². The molecule has 2 nitrogen and oxygen atoms in total. The van der Waals surface area contributed by atoms with Crippen LogP contribution < -0.4 is 0 Å². The quantitative estimate of drug-likeness (QED) is 0.672. The summed E-state index contributed by atoms with van der Waals surface area (Å²) >= 11 is 0. The first-order valence-corrected chi connectivity index (χ1v) is 6.07. The van der Waals surface area contributed by atoms with E-state index in [0.717, 1.165) is 5.56 Å². The largest absolute Gasteiger partial charge is 0.293 e. The average molecular weight is 286 g/mol. The normalized spacial score (nSPS) is 19.9. The number of aliphatic imine (C=N–C) groups is 1. The molecule has 15 heavy (non-hydrogen) atoms. The third-order valence-corrected chi connectivity index (χ3v) is 3.58. The summed E-state index contributed by atoms with van der Waals surface area (Å²) in [6, 6.07) is 9.40. The lowest BCUT2D eigenvalue weighted by Gasteiger charge is -2.06. The molecule has 0 saturated carbocycles. The molecule has 1 aliphatic rings. The highest BCUT2D eigenvalue weighted by molar-refractivity contribution is 8.93. The van der Waals surface area contributed by atoms with E-state index in [1.807, 2.05) is 41.3 Å². The number of carbonyl (C=O) groups excluding carboxylic acids is 1. The van der Waals surface area contributed by atoms with E-state index in [1.165, 1.54) is 0 Å². The lowest BCUT2D eigenvalue weighted by molar-refractivity contribution is 0.102. The van der Waals surface area contributed by atoms with Gasteiger partial charge in [-0.3, -0.25) is 9.79 Å². The van der Waals surface area contributed by atoms with Gasteiger partial charge in [-0.15, -0.1) is 17.0 Å². The third-order valence-electron chi connectivity index (χ3n) is 1.98. The molecule has 0 saturated heterocycles. The first-order chi connectivity index (χ1) is 6.86. The predicted octanol–water partition coefficient (Wildman–Crippen LogP) is 2.96. The SMILES string of the molecule is Br.O=C(C[SH]1C=CN=C1)c1ccccc1. The van der Waals surface area contributed by atoms with Crippen LogP contribution >= 0.6 is 27.9 Å². The number of ketones is 1. The molecular formula is C11H12BrNOS. The van der Waals surface area contributed by atoms with Crippen molar-refractivity contribution in [3.05, 3.63) is 47.5 Å². The first-order valence-electron chi connectivity index (χ1n) is 4.40. The summed E-state index contributed by atoms with van der Waals surface area (Å²) < 4.78 is 0. The van der Waals surface area contributed by atoms with E-state index in [4.69, 9.17) is 0 Å². The van der Waals surface area contributed by atoms with Crippen LogP contribution in [0, 0.1) is 0 Å². The number of nitrogens with zero attached hydrogens (tertiary/aromatic N) is 1. The van der Waals surface area contributed by atoms with Gasteiger partial charge in [0.05, 0.1) is 0 Å². The molecule has 80 valence electrons. The van der Waals surface area contributed by atoms with E-state index in [2.05, 4.69) is 4.99 Å². The first kappa shape index (κ1) is 12.2. The molecule has 1 unspecified atom stereocenters. The molecule has 0 aromatic heterocycles. The van der Waals surface area contributed by atoms with Gasteiger partial charge in [0.2, 0.25) is 0 Å². The highest BCUT2D eigenvalue weighted by Gasteiger charge is 2.09. The molecule has 0 fully saturated rings. The molecule has 0 bridgehead atoms. The van der Waals surface area contributed by atoms with Crippen molar-refractivity contribution < 1.29 is 4.79 Å². The zero-order valence-electron chi connectivity index (χ0n) is 8.04. The predicted molar refractivity (Wildman–Crippen MR) is 72.6 cm³/mol. The van der Waals surface area contributed by atoms with Crippen LogP contribution in [-0.4, -0.2) is 17.1 Å². The molecular weight excluding hydrogens is 274 g/mol. The number of Topliss-reactive ketones (excluding diaryl/α,β-unsaturated/α-hetero) is 1. The smallest absolute Gasteiger partial charge is 0.171 e. The van der Waals surface area contributed by atoms with Crippen molar-refractivity contribution in [3.8, 4) is 0 Å². The van der Waals surface area contributed by atoms with Crippen molar-refractivity contribution in [2.24, 2.45) is 4.99 Å². The molecule has 1 heterocycles. The second-order valence-electron chi connectivity index (χ2n) is 3.02. The summed E-state index contributed by atoms with van der Waals surface area (Å²) in [6.45, 7) is 0. The molecule has 0 spiro atoms. The number of hydrogen-bond donors (Lipinski definition) is 1. The minimum atomic E-state index is -0.430. The van der Waals surface area contributed by atoms with Gasteiger partial charge >= 0.3 is 0 Å². The van der Waals surface area contributed by atoms with Crippen LogP contribution in [0.5, 0.6) is 0 Å². The summed E-state index contributed by atoms with van der Waals surface area (Å²) in [5.41, 5.74) is 2.67. The number of halogens is 1. The van der Waals surface area contributed by atoms with E-state index < -0.39 is 10.9 Å². The third kappa shape index (κ3) is 3.32. The maximum absolute atomic E-state index is 11.7. The van der Waals surface area contributed by atoms with Gasteiger partial charge in [0.1, 0.15) is 0 Å². The van der Waals surface area contributed by atoms with Gasteiger partial charge in [-0.1, -0.05) is 30.3 Å². The fraction of sp³-hybridized carbons (Fsp3) is 0.0909. The highest BCUT2D eigenvalue weighted by Crippen LogP contribution is 2.28. The number of hydrogen-bond acceptors (Lipinski definition) is 2. The van der Waals surface area contributed by atoms with Gasteiger partial charge in [-0.05, 0) is 5.41 Å². The van der Waals surface area contributed by atoms with Crippen LogP contribution in [0.4, 0.5) is 0 Å². The van der Waals surface area contributed by atoms with Crippen LogP contribution in [0.1, 0.15) is 10.4 Å². The van der Waals surface area contributed by atoms with Crippen molar-refractivity contribution in [2.75, 3.05) is 5.75 Å². The van der Waals surface area contributed by atoms with Crippen LogP contribution in [-0.2, 0) is 0 Å². The zero-order chi connectivity index (χ0) is 9.80. The van der Waals surface area contributed by atoms with E-state index in [0.29, 0.717) is 5.75 Å². The Morgan fingerprint density at radius 2 is 2.00 bits per heavy atom. The van der Waals surface area contributed by atoms with Crippen molar-refractivity contribution in [1.82, 2.24) is 0 Å². The summed E-state index contributed by atoms with van der Waals surface area (Å²) in [6.07, 6.45) is 1.77. The molecule has 4 heteroatoms. The van der Waals surface area contributed by atoms with Gasteiger partial charge in [0.15, 0.2) is 5.78 Å². The van der Waals surface area contributed by atoms with Crippen molar-refractivity contribution in [1.29, 1.82) is 0 Å². The Bertz CT molecular complexity index is 377. The number of rotatable bonds is 3. The standard InChI is InChI=1S/C11H11NOS.BrH/c13-11(8-14-7-6-12-9-14)10-4-2-1-3-5-10;/h1-7,9,14H,8H2;1H. The van der Waals surface area contributed by atoms with E-state index in [-0.39, 0.29) is 22.8 Å². The maximum Gasteiger partial charge on any atom is 0.171 e. The molecule has 0 N–H and O–H groups in total. The topological polar surface area (TPSA) is 29.4 Å². The zero-order valence-corrected chi connectivity index (χ0v) is 10.6. The lowest BCUT2D eigenvalue weighted by Crippen LogP contribution is -2.04. The van der Waals surface area contributed by atoms with Crippen LogP contribution in [0.3, 0.4) is 0 Å². The number of carbonyl (C=O) groups is 1. The molecule has 0 radical (unpaired) electrons. The summed E-state index contributed by atoms with van der Waals surface area (Å²) in [5, 5.41) is 2.01. The van der Waals surface area contributed by atoms with Crippen molar-refractivity contribution in [2.45, 2.75) is 0 Å². The Morgan fingerprint density at radius 1 is 1.27 bits per heavy atom. The van der Waals surface area contributed by atoms with E-state index in [1.54, 1.807) is 6.20 Å². The van der Waals surface area contributed by atoms with E-state index >= 15 is 0 Å². The van der Waals surface area contributed by atoms with Gasteiger partial charge < -0.3 is 0 Å². The van der Waals surface area contributed by atoms with Gasteiger partial charge in [0, 0.05) is 23.1 Å². The average Bonchev–Trinajstić information content (AvgIpc) is 2.72. The van der Waals surface area contributed by atoms with Gasteiger partial charge in [0.25, 0.3) is 0 Å². The minimum Gasteiger partial charge on any atom is -0.293 e. The van der Waals surface area contributed by atoms with Crippen molar-refractivity contribution >= 4 is 39.2 Å². The second kappa shape index (κ2) is 5.88. The Kier molecular flexibility index (Phi) is 4.78. The van der Waals surface area contributed by atoms with Crippen LogP contribution in [0.25, 0.3) is 0 Å². The minimum absolute atomic E-state index is 0. The molecule has 0 amide bonds. The molecule has 2 rings (SSSR count). The summed E-state index contributed by atoms with van der Waals surface area (Å²) in [5.74, 6) is 0.786. The fourth-order valence-electron chi connectivity index (χ4n) is 1.26. The summed E-state index contributed by atoms with van der Waals surface area (Å²) in [4.78, 5) is 15.7. The number of thiol groups is 1. The molecule has 0 aliphatic carbocycles. The Balaban J connectivity index is 0.00000112. The second-order valence-corrected chi connectivity index (χ2v) is 4.90. The van der Waals surface area contributed by atoms with Crippen molar-refractivity contribution in [3.63, 3.8) is 0 Å². The molecule has 1 aromatic carbocycles. The molecule has 1 atom stereocenters. The molecule has 1 aromatic rings. The fourth-order valence-corrected chi connectivity index (χ4v) is 2.54. The van der Waals surface area contributed by atoms with E-state index in [9.17, 15) is 4.79 Å². The Labute approximate surface area is 102 Å². The Hall–Kier alpha value is -0.870. The van der Waals surface area contributed by atoms with Crippen LogP contribution in [0.15, 0.2) is 46.9 Å². The lowest BCUT2D eigenvalue weighted by atomic mass is 10.2. The Morgan fingerprint density at radius 3 is 2.60 bits per heavy atom. The van der Waals surface area contributed by atoms with Gasteiger partial charge in [-0.25, -0.2) is 0 Å². The summed E-state index contributed by atoms with van der Waals surface area (Å²) in [7, 11) is -0.430. The maximum atomic E-state index is 11.7. The monoisotopic (exact) mass is 285 g/mol. The van der Waals surface area contributed by atoms with Gasteiger partial charge in [-0.2, -0.15) is 10.9 Å². The number of benzene rings is 1. The highest BCUT2D eigenvalue weighted by atomic mass is 79.9.